The van der Waals surface area contributed by atoms with Crippen LogP contribution in [0, 0.1) is 5.41 Å². The highest BCUT2D eigenvalue weighted by atomic mass is 16.2. The van der Waals surface area contributed by atoms with Gasteiger partial charge >= 0.3 is 6.03 Å². The molecule has 0 aliphatic rings. The number of carbonyl (C=O) groups excluding carboxylic acids is 1. The third-order valence-corrected chi connectivity index (χ3v) is 1.58. The van der Waals surface area contributed by atoms with Crippen molar-refractivity contribution in [3.05, 3.63) is 0 Å². The highest BCUT2D eigenvalue weighted by molar-refractivity contribution is 5.73. The molecule has 0 aromatic carbocycles. The van der Waals surface area contributed by atoms with Gasteiger partial charge in [-0.1, -0.05) is 27.7 Å². The van der Waals surface area contributed by atoms with Crippen LogP contribution in [-0.2, 0) is 0 Å². The van der Waals surface area contributed by atoms with E-state index in [1.54, 1.807) is 4.90 Å². The van der Waals surface area contributed by atoms with Gasteiger partial charge in [-0.2, -0.15) is 0 Å². The van der Waals surface area contributed by atoms with Gasteiger partial charge < -0.3 is 10.2 Å². The van der Waals surface area contributed by atoms with Gasteiger partial charge in [0.2, 0.25) is 0 Å². The predicted molar refractivity (Wildman–Crippen MR) is 55.8 cm³/mol. The van der Waals surface area contributed by atoms with Crippen molar-refractivity contribution >= 4 is 6.03 Å². The molecule has 0 aromatic heterocycles. The van der Waals surface area contributed by atoms with E-state index in [-0.39, 0.29) is 11.4 Å². The number of hydrogen-bond acceptors (Lipinski definition) is 1. The van der Waals surface area contributed by atoms with E-state index >= 15 is 0 Å². The smallest absolute Gasteiger partial charge is 0.317 e. The summed E-state index contributed by atoms with van der Waals surface area (Å²) >= 11 is 0. The Balaban J connectivity index is 3.83. The van der Waals surface area contributed by atoms with Crippen LogP contribution < -0.4 is 5.32 Å². The van der Waals surface area contributed by atoms with Crippen molar-refractivity contribution in [2.75, 3.05) is 20.1 Å². The predicted octanol–water partition coefficient (Wildman–Crippen LogP) is 2.08. The topological polar surface area (TPSA) is 32.3 Å². The number of nitrogens with zero attached hydrogens (tertiary/aromatic N) is 1. The zero-order valence-corrected chi connectivity index (χ0v) is 9.48. The number of amides is 2. The molecule has 3 heteroatoms. The van der Waals surface area contributed by atoms with Crippen molar-refractivity contribution in [3.63, 3.8) is 0 Å². The number of rotatable bonds is 3. The van der Waals surface area contributed by atoms with Crippen LogP contribution in [0.2, 0.25) is 0 Å². The maximum Gasteiger partial charge on any atom is 0.317 e. The molecule has 0 fully saturated rings. The molecule has 1 N–H and O–H groups in total. The molecule has 0 spiro atoms. The van der Waals surface area contributed by atoms with Crippen molar-refractivity contribution in [2.45, 2.75) is 34.1 Å². The summed E-state index contributed by atoms with van der Waals surface area (Å²) in [4.78, 5) is 13.1. The number of urea groups is 1. The molecule has 0 atom stereocenters. The molecule has 78 valence electrons. The van der Waals surface area contributed by atoms with Gasteiger partial charge in [-0.15, -0.1) is 0 Å². The van der Waals surface area contributed by atoms with Crippen LogP contribution in [0.15, 0.2) is 0 Å². The van der Waals surface area contributed by atoms with E-state index in [4.69, 9.17) is 0 Å². The van der Waals surface area contributed by atoms with Crippen LogP contribution in [-0.4, -0.2) is 31.1 Å². The lowest BCUT2D eigenvalue weighted by molar-refractivity contribution is 0.188. The molecule has 0 unspecified atom stereocenters. The Labute approximate surface area is 81.5 Å². The lowest BCUT2D eigenvalue weighted by atomic mass is 9.96. The Morgan fingerprint density at radius 3 is 2.31 bits per heavy atom. The van der Waals surface area contributed by atoms with E-state index in [0.717, 1.165) is 19.5 Å². The van der Waals surface area contributed by atoms with E-state index in [1.807, 2.05) is 14.0 Å². The Bertz CT molecular complexity index is 161. The van der Waals surface area contributed by atoms with Crippen molar-refractivity contribution in [2.24, 2.45) is 5.41 Å². The standard InChI is InChI=1S/C10H22N2O/c1-6-7-11-9(13)12(5)8-10(2,3)4/h6-8H2,1-5H3,(H,11,13). The summed E-state index contributed by atoms with van der Waals surface area (Å²) in [5.41, 5.74) is 0.165. The van der Waals surface area contributed by atoms with Gasteiger partial charge in [-0.3, -0.25) is 0 Å². The Morgan fingerprint density at radius 1 is 1.38 bits per heavy atom. The first-order valence-corrected chi connectivity index (χ1v) is 4.86. The molecule has 3 nitrogen and oxygen atoms in total. The minimum absolute atomic E-state index is 0.0248. The summed E-state index contributed by atoms with van der Waals surface area (Å²) in [5.74, 6) is 0. The molecule has 0 radical (unpaired) electrons. The molecule has 0 saturated heterocycles. The average Bonchev–Trinajstić information content (AvgIpc) is 1.96. The molecule has 0 heterocycles. The van der Waals surface area contributed by atoms with Crippen LogP contribution >= 0.6 is 0 Å². The van der Waals surface area contributed by atoms with Gasteiger partial charge in [0, 0.05) is 20.1 Å². The Kier molecular flexibility index (Phi) is 4.81. The molecule has 0 bridgehead atoms. The van der Waals surface area contributed by atoms with Crippen LogP contribution in [0.5, 0.6) is 0 Å². The van der Waals surface area contributed by atoms with Gasteiger partial charge in [0.1, 0.15) is 0 Å². The molecule has 13 heavy (non-hydrogen) atoms. The van der Waals surface area contributed by atoms with Crippen molar-refractivity contribution < 1.29 is 4.79 Å². The maximum atomic E-state index is 11.4. The summed E-state index contributed by atoms with van der Waals surface area (Å²) in [6.07, 6.45) is 0.981. The minimum atomic E-state index is 0.0248. The molecule has 0 saturated carbocycles. The van der Waals surface area contributed by atoms with Crippen molar-refractivity contribution in [1.29, 1.82) is 0 Å². The van der Waals surface area contributed by atoms with Crippen LogP contribution in [0.3, 0.4) is 0 Å². The highest BCUT2D eigenvalue weighted by Crippen LogP contribution is 2.13. The lowest BCUT2D eigenvalue weighted by Gasteiger charge is -2.26. The van der Waals surface area contributed by atoms with Crippen LogP contribution in [0.4, 0.5) is 4.79 Å². The second-order valence-electron chi connectivity index (χ2n) is 4.65. The Hall–Kier alpha value is -0.730. The number of nitrogens with one attached hydrogen (secondary N) is 1. The summed E-state index contributed by atoms with van der Waals surface area (Å²) in [5, 5.41) is 2.84. The molecular weight excluding hydrogens is 164 g/mol. The monoisotopic (exact) mass is 186 g/mol. The van der Waals surface area contributed by atoms with E-state index < -0.39 is 0 Å². The summed E-state index contributed by atoms with van der Waals surface area (Å²) in [6.45, 7) is 9.95. The van der Waals surface area contributed by atoms with Gasteiger partial charge in [0.15, 0.2) is 0 Å². The normalized spacial score (nSPS) is 11.2. The van der Waals surface area contributed by atoms with Gasteiger partial charge in [0.25, 0.3) is 0 Å². The van der Waals surface area contributed by atoms with Gasteiger partial charge in [-0.05, 0) is 11.8 Å². The quantitative estimate of drug-likeness (QED) is 0.719. The summed E-state index contributed by atoms with van der Waals surface area (Å²) < 4.78 is 0. The molecule has 0 rings (SSSR count). The van der Waals surface area contributed by atoms with E-state index in [2.05, 4.69) is 26.1 Å². The van der Waals surface area contributed by atoms with E-state index in [1.165, 1.54) is 0 Å². The van der Waals surface area contributed by atoms with E-state index in [0.29, 0.717) is 0 Å². The van der Waals surface area contributed by atoms with E-state index in [9.17, 15) is 4.79 Å². The molecule has 0 aliphatic carbocycles. The van der Waals surface area contributed by atoms with Crippen LogP contribution in [0.1, 0.15) is 34.1 Å². The first-order chi connectivity index (χ1) is 5.87. The third-order valence-electron chi connectivity index (χ3n) is 1.58. The highest BCUT2D eigenvalue weighted by Gasteiger charge is 2.16. The Morgan fingerprint density at radius 2 is 1.92 bits per heavy atom. The molecule has 0 aromatic rings. The second kappa shape index (κ2) is 5.10. The maximum absolute atomic E-state index is 11.4. The zero-order chi connectivity index (χ0) is 10.5. The first kappa shape index (κ1) is 12.3. The third kappa shape index (κ3) is 6.43. The second-order valence-corrected chi connectivity index (χ2v) is 4.65. The number of carbonyl (C=O) groups is 1. The fourth-order valence-corrected chi connectivity index (χ4v) is 1.15. The fraction of sp³-hybridized carbons (Fsp3) is 0.900. The van der Waals surface area contributed by atoms with Crippen molar-refractivity contribution in [1.82, 2.24) is 10.2 Å². The zero-order valence-electron chi connectivity index (χ0n) is 9.48. The molecule has 0 aliphatic heterocycles. The lowest BCUT2D eigenvalue weighted by Crippen LogP contribution is -2.41. The fourth-order valence-electron chi connectivity index (χ4n) is 1.15. The minimum Gasteiger partial charge on any atom is -0.338 e. The molecule has 2 amide bonds. The van der Waals surface area contributed by atoms with Gasteiger partial charge in [0.05, 0.1) is 0 Å². The summed E-state index contributed by atoms with van der Waals surface area (Å²) in [6, 6.07) is 0.0248. The first-order valence-electron chi connectivity index (χ1n) is 4.86. The van der Waals surface area contributed by atoms with Gasteiger partial charge in [-0.25, -0.2) is 4.79 Å². The van der Waals surface area contributed by atoms with Crippen LogP contribution in [0.25, 0.3) is 0 Å². The average molecular weight is 186 g/mol. The van der Waals surface area contributed by atoms with Crippen molar-refractivity contribution in [3.8, 4) is 0 Å². The number of hydrogen-bond donors (Lipinski definition) is 1. The SMILES string of the molecule is CCCNC(=O)N(C)CC(C)(C)C. The summed E-state index contributed by atoms with van der Waals surface area (Å²) in [7, 11) is 1.83. The molecular formula is C10H22N2O. The largest absolute Gasteiger partial charge is 0.338 e.